The topological polar surface area (TPSA) is 29.3 Å². The third kappa shape index (κ3) is 4.07. The van der Waals surface area contributed by atoms with E-state index in [1.54, 1.807) is 12.1 Å². The number of nitrogens with two attached hydrogens (primary N) is 1. The molecule has 102 valence electrons. The van der Waals surface area contributed by atoms with Gasteiger partial charge in [0.2, 0.25) is 0 Å². The Labute approximate surface area is 110 Å². The van der Waals surface area contributed by atoms with Crippen LogP contribution >= 0.6 is 0 Å². The van der Waals surface area contributed by atoms with Crippen LogP contribution in [0.3, 0.4) is 0 Å². The molecule has 0 radical (unpaired) electrons. The first-order chi connectivity index (χ1) is 8.39. The maximum Gasteiger partial charge on any atom is 0.123 e. The molecule has 1 unspecified atom stereocenters. The van der Waals surface area contributed by atoms with Crippen LogP contribution in [0.5, 0.6) is 0 Å². The maximum absolute atomic E-state index is 13.3. The lowest BCUT2D eigenvalue weighted by Gasteiger charge is -2.35. The molecular formula is C15H25FN2. The van der Waals surface area contributed by atoms with Gasteiger partial charge >= 0.3 is 0 Å². The summed E-state index contributed by atoms with van der Waals surface area (Å²) in [6.07, 6.45) is 0. The van der Waals surface area contributed by atoms with Crippen molar-refractivity contribution < 1.29 is 4.39 Å². The molecule has 0 amide bonds. The highest BCUT2D eigenvalue weighted by Gasteiger charge is 2.23. The average Bonchev–Trinajstić information content (AvgIpc) is 2.35. The van der Waals surface area contributed by atoms with E-state index >= 15 is 0 Å². The molecule has 2 nitrogen and oxygen atoms in total. The quantitative estimate of drug-likeness (QED) is 0.842. The Morgan fingerprint density at radius 3 is 2.56 bits per heavy atom. The van der Waals surface area contributed by atoms with Crippen molar-refractivity contribution >= 4 is 0 Å². The first-order valence-corrected chi connectivity index (χ1v) is 6.59. The Balaban J connectivity index is 2.82. The molecule has 1 atom stereocenters. The molecule has 0 saturated heterocycles. The van der Waals surface area contributed by atoms with Crippen molar-refractivity contribution in [3.63, 3.8) is 0 Å². The highest BCUT2D eigenvalue weighted by atomic mass is 19.1. The summed E-state index contributed by atoms with van der Waals surface area (Å²) in [5.41, 5.74) is 6.88. The van der Waals surface area contributed by atoms with E-state index in [0.29, 0.717) is 6.54 Å². The molecule has 0 aliphatic rings. The minimum atomic E-state index is -0.173. The summed E-state index contributed by atoms with van der Waals surface area (Å²) in [6.45, 7) is 11.1. The first-order valence-electron chi connectivity index (χ1n) is 6.59. The van der Waals surface area contributed by atoms with Crippen LogP contribution in [0.25, 0.3) is 0 Å². The predicted octanol–water partition coefficient (Wildman–Crippen LogP) is 3.19. The Morgan fingerprint density at radius 1 is 1.39 bits per heavy atom. The fourth-order valence-corrected chi connectivity index (χ4v) is 2.11. The summed E-state index contributed by atoms with van der Waals surface area (Å²) in [5.74, 6) is -0.173. The molecule has 0 bridgehead atoms. The van der Waals surface area contributed by atoms with Crippen LogP contribution in [0.2, 0.25) is 0 Å². The zero-order valence-corrected chi connectivity index (χ0v) is 11.9. The van der Waals surface area contributed by atoms with Gasteiger partial charge in [-0.2, -0.15) is 0 Å². The summed E-state index contributed by atoms with van der Waals surface area (Å²) in [6, 6.07) is 7.05. The lowest BCUT2D eigenvalue weighted by atomic mass is 9.92. The van der Waals surface area contributed by atoms with Gasteiger partial charge in [0.25, 0.3) is 0 Å². The van der Waals surface area contributed by atoms with Crippen molar-refractivity contribution in [2.24, 2.45) is 11.1 Å². The van der Waals surface area contributed by atoms with Crippen LogP contribution in [0, 0.1) is 11.2 Å². The predicted molar refractivity (Wildman–Crippen MR) is 74.9 cm³/mol. The third-order valence-electron chi connectivity index (χ3n) is 3.47. The molecule has 18 heavy (non-hydrogen) atoms. The summed E-state index contributed by atoms with van der Waals surface area (Å²) < 4.78 is 13.3. The van der Waals surface area contributed by atoms with Crippen LogP contribution in [-0.4, -0.2) is 24.5 Å². The highest BCUT2D eigenvalue weighted by Crippen LogP contribution is 2.25. The van der Waals surface area contributed by atoms with E-state index in [-0.39, 0.29) is 17.3 Å². The van der Waals surface area contributed by atoms with E-state index in [0.717, 1.165) is 18.7 Å². The van der Waals surface area contributed by atoms with E-state index in [1.165, 1.54) is 6.07 Å². The van der Waals surface area contributed by atoms with E-state index in [1.807, 2.05) is 6.07 Å². The second-order valence-electron chi connectivity index (χ2n) is 5.66. The van der Waals surface area contributed by atoms with Gasteiger partial charge < -0.3 is 5.73 Å². The SMILES string of the molecule is CCN(CC(C)(C)CN)C(C)c1cccc(F)c1. The molecule has 1 rings (SSSR count). The summed E-state index contributed by atoms with van der Waals surface area (Å²) in [7, 11) is 0. The van der Waals surface area contributed by atoms with Gasteiger partial charge in [0.05, 0.1) is 0 Å². The van der Waals surface area contributed by atoms with Crippen LogP contribution in [0.1, 0.15) is 39.3 Å². The van der Waals surface area contributed by atoms with Crippen molar-refractivity contribution in [3.05, 3.63) is 35.6 Å². The van der Waals surface area contributed by atoms with Gasteiger partial charge in [-0.15, -0.1) is 0 Å². The minimum Gasteiger partial charge on any atom is -0.330 e. The first kappa shape index (κ1) is 15.1. The second kappa shape index (κ2) is 6.30. The van der Waals surface area contributed by atoms with Crippen molar-refractivity contribution in [3.8, 4) is 0 Å². The van der Waals surface area contributed by atoms with E-state index in [9.17, 15) is 4.39 Å². The van der Waals surface area contributed by atoms with E-state index in [2.05, 4.69) is 32.6 Å². The van der Waals surface area contributed by atoms with Crippen molar-refractivity contribution in [1.29, 1.82) is 0 Å². The van der Waals surface area contributed by atoms with Crippen LogP contribution < -0.4 is 5.73 Å². The fourth-order valence-electron chi connectivity index (χ4n) is 2.11. The normalized spacial score (nSPS) is 13.9. The monoisotopic (exact) mass is 252 g/mol. The van der Waals surface area contributed by atoms with Crippen molar-refractivity contribution in [1.82, 2.24) is 4.90 Å². The number of hydrogen-bond donors (Lipinski definition) is 1. The van der Waals surface area contributed by atoms with E-state index < -0.39 is 0 Å². The smallest absolute Gasteiger partial charge is 0.123 e. The van der Waals surface area contributed by atoms with Crippen LogP contribution in [0.15, 0.2) is 24.3 Å². The Morgan fingerprint density at radius 2 is 2.06 bits per heavy atom. The minimum absolute atomic E-state index is 0.0809. The Hall–Kier alpha value is -0.930. The number of nitrogens with zero attached hydrogens (tertiary/aromatic N) is 1. The number of halogens is 1. The molecule has 0 aliphatic heterocycles. The maximum atomic E-state index is 13.3. The van der Waals surface area contributed by atoms with Gasteiger partial charge in [0.15, 0.2) is 0 Å². The Bertz CT molecular complexity index is 377. The third-order valence-corrected chi connectivity index (χ3v) is 3.47. The largest absolute Gasteiger partial charge is 0.330 e. The molecule has 0 aromatic heterocycles. The highest BCUT2D eigenvalue weighted by molar-refractivity contribution is 5.19. The lowest BCUT2D eigenvalue weighted by Crippen LogP contribution is -2.40. The van der Waals surface area contributed by atoms with Crippen molar-refractivity contribution in [2.45, 2.75) is 33.7 Å². The van der Waals surface area contributed by atoms with Gasteiger partial charge in [0.1, 0.15) is 5.82 Å². The molecule has 1 aromatic rings. The van der Waals surface area contributed by atoms with Gasteiger partial charge in [-0.1, -0.05) is 32.9 Å². The second-order valence-corrected chi connectivity index (χ2v) is 5.66. The fraction of sp³-hybridized carbons (Fsp3) is 0.600. The summed E-state index contributed by atoms with van der Waals surface area (Å²) >= 11 is 0. The zero-order valence-electron chi connectivity index (χ0n) is 11.9. The molecule has 3 heteroatoms. The molecular weight excluding hydrogens is 227 g/mol. The van der Waals surface area contributed by atoms with Gasteiger partial charge in [-0.05, 0) is 43.1 Å². The van der Waals surface area contributed by atoms with Crippen molar-refractivity contribution in [2.75, 3.05) is 19.6 Å². The summed E-state index contributed by atoms with van der Waals surface area (Å²) in [5, 5.41) is 0. The average molecular weight is 252 g/mol. The zero-order chi connectivity index (χ0) is 13.8. The number of benzene rings is 1. The molecule has 0 heterocycles. The van der Waals surface area contributed by atoms with Crippen LogP contribution in [-0.2, 0) is 0 Å². The molecule has 0 aliphatic carbocycles. The molecule has 0 saturated carbocycles. The number of hydrogen-bond acceptors (Lipinski definition) is 2. The van der Waals surface area contributed by atoms with Gasteiger partial charge in [-0.3, -0.25) is 4.90 Å². The molecule has 1 aromatic carbocycles. The molecule has 0 spiro atoms. The molecule has 0 fully saturated rings. The van der Waals surface area contributed by atoms with E-state index in [4.69, 9.17) is 5.73 Å². The molecule has 2 N–H and O–H groups in total. The standard InChI is InChI=1S/C15H25FN2/c1-5-18(11-15(3,4)10-17)12(2)13-7-6-8-14(16)9-13/h6-9,12H,5,10-11,17H2,1-4H3. The summed E-state index contributed by atoms with van der Waals surface area (Å²) in [4.78, 5) is 2.33. The Kier molecular flexibility index (Phi) is 5.29. The number of rotatable bonds is 6. The van der Waals surface area contributed by atoms with Crippen LogP contribution in [0.4, 0.5) is 4.39 Å². The lowest BCUT2D eigenvalue weighted by molar-refractivity contribution is 0.147. The van der Waals surface area contributed by atoms with Gasteiger partial charge in [-0.25, -0.2) is 4.39 Å². The van der Waals surface area contributed by atoms with Gasteiger partial charge in [0, 0.05) is 12.6 Å².